The Morgan fingerprint density at radius 1 is 1.00 bits per heavy atom. The molecule has 0 bridgehead atoms. The fraction of sp³-hybridized carbons (Fsp3) is 0.125. The predicted molar refractivity (Wildman–Crippen MR) is 72.0 cm³/mol. The number of ether oxygens (including phenoxy) is 1. The number of Topliss-reactive ketones (excluding diaryl/α,β-unsaturated/α-hetero) is 1. The highest BCUT2D eigenvalue weighted by Gasteiger charge is 2.40. The van der Waals surface area contributed by atoms with E-state index in [1.807, 2.05) is 12.1 Å². The van der Waals surface area contributed by atoms with Gasteiger partial charge in [0.25, 0.3) is 0 Å². The minimum Gasteiger partial charge on any atom is -0.358 e. The Bertz CT molecular complexity index is 563. The molecule has 1 unspecified atom stereocenters. The van der Waals surface area contributed by atoms with Crippen molar-refractivity contribution in [1.29, 1.82) is 0 Å². The van der Waals surface area contributed by atoms with Gasteiger partial charge in [0, 0.05) is 12.7 Å². The molecule has 0 radical (unpaired) electrons. The molecule has 96 valence electrons. The molecule has 0 saturated heterocycles. The molecule has 19 heavy (non-hydrogen) atoms. The summed E-state index contributed by atoms with van der Waals surface area (Å²) >= 11 is 0. The summed E-state index contributed by atoms with van der Waals surface area (Å²) in [4.78, 5) is 24.1. The van der Waals surface area contributed by atoms with E-state index in [0.717, 1.165) is 0 Å². The van der Waals surface area contributed by atoms with Crippen molar-refractivity contribution in [2.75, 3.05) is 7.11 Å². The van der Waals surface area contributed by atoms with Gasteiger partial charge in [0.1, 0.15) is 0 Å². The molecule has 2 aromatic carbocycles. The number of benzene rings is 2. The van der Waals surface area contributed by atoms with Gasteiger partial charge in [0.05, 0.1) is 0 Å². The highest BCUT2D eigenvalue weighted by atomic mass is 16.5. The molecule has 0 aliphatic rings. The van der Waals surface area contributed by atoms with E-state index in [0.29, 0.717) is 17.4 Å². The number of rotatable bonds is 5. The van der Waals surface area contributed by atoms with E-state index in [1.54, 1.807) is 48.5 Å². The maximum Gasteiger partial charge on any atom is 0.210 e. The zero-order valence-electron chi connectivity index (χ0n) is 10.6. The summed E-state index contributed by atoms with van der Waals surface area (Å²) in [6.07, 6.45) is 0.553. The van der Waals surface area contributed by atoms with E-state index < -0.39 is 5.60 Å². The van der Waals surface area contributed by atoms with Crippen molar-refractivity contribution in [3.05, 3.63) is 71.8 Å². The van der Waals surface area contributed by atoms with Crippen molar-refractivity contribution in [3.63, 3.8) is 0 Å². The van der Waals surface area contributed by atoms with E-state index in [2.05, 4.69) is 0 Å². The second-order valence-corrected chi connectivity index (χ2v) is 4.12. The third-order valence-corrected chi connectivity index (χ3v) is 3.06. The normalized spacial score (nSPS) is 13.5. The lowest BCUT2D eigenvalue weighted by atomic mass is 9.87. The summed E-state index contributed by atoms with van der Waals surface area (Å²) < 4.78 is 5.27. The first-order chi connectivity index (χ1) is 9.24. The maximum absolute atomic E-state index is 12.6. The molecular weight excluding hydrogens is 240 g/mol. The molecule has 1 atom stereocenters. The highest BCUT2D eigenvalue weighted by molar-refractivity contribution is 6.12. The Hall–Kier alpha value is -2.26. The largest absolute Gasteiger partial charge is 0.358 e. The van der Waals surface area contributed by atoms with E-state index in [9.17, 15) is 9.59 Å². The van der Waals surface area contributed by atoms with Gasteiger partial charge in [-0.2, -0.15) is 0 Å². The van der Waals surface area contributed by atoms with Gasteiger partial charge in [0.2, 0.25) is 11.4 Å². The highest BCUT2D eigenvalue weighted by Crippen LogP contribution is 2.27. The van der Waals surface area contributed by atoms with Crippen LogP contribution in [0.3, 0.4) is 0 Å². The van der Waals surface area contributed by atoms with Crippen molar-refractivity contribution < 1.29 is 14.3 Å². The molecule has 3 heteroatoms. The molecule has 0 aliphatic heterocycles. The Kier molecular flexibility index (Phi) is 3.88. The fourth-order valence-corrected chi connectivity index (χ4v) is 2.00. The molecule has 0 saturated carbocycles. The average molecular weight is 254 g/mol. The number of hydrogen-bond donors (Lipinski definition) is 0. The molecule has 0 aliphatic carbocycles. The predicted octanol–water partition coefficient (Wildman–Crippen LogP) is 2.61. The van der Waals surface area contributed by atoms with Crippen LogP contribution in [0.5, 0.6) is 0 Å². The summed E-state index contributed by atoms with van der Waals surface area (Å²) in [7, 11) is 1.36. The number of carbonyl (C=O) groups excluding carboxylic acids is 2. The SMILES string of the molecule is COC(C=O)(C(=O)c1ccccc1)c1ccccc1. The van der Waals surface area contributed by atoms with Crippen LogP contribution >= 0.6 is 0 Å². The molecule has 0 spiro atoms. The second-order valence-electron chi connectivity index (χ2n) is 4.12. The molecule has 2 aromatic rings. The first-order valence-corrected chi connectivity index (χ1v) is 5.91. The lowest BCUT2D eigenvalue weighted by Crippen LogP contribution is -2.39. The zero-order chi connectivity index (χ0) is 13.7. The number of ketones is 1. The molecule has 0 N–H and O–H groups in total. The number of carbonyl (C=O) groups is 2. The Balaban J connectivity index is 2.52. The molecule has 0 aromatic heterocycles. The maximum atomic E-state index is 12.6. The van der Waals surface area contributed by atoms with Crippen LogP contribution in [-0.2, 0) is 15.1 Å². The average Bonchev–Trinajstić information content (AvgIpc) is 2.51. The summed E-state index contributed by atoms with van der Waals surface area (Å²) in [6.45, 7) is 0. The Morgan fingerprint density at radius 2 is 1.53 bits per heavy atom. The van der Waals surface area contributed by atoms with Gasteiger partial charge in [-0.15, -0.1) is 0 Å². The van der Waals surface area contributed by atoms with E-state index in [4.69, 9.17) is 4.74 Å². The quantitative estimate of drug-likeness (QED) is 0.468. The van der Waals surface area contributed by atoms with Gasteiger partial charge >= 0.3 is 0 Å². The summed E-state index contributed by atoms with van der Waals surface area (Å²) in [5.41, 5.74) is -0.607. The number of methoxy groups -OCH3 is 1. The minimum absolute atomic E-state index is 0.364. The van der Waals surface area contributed by atoms with Gasteiger partial charge in [-0.25, -0.2) is 0 Å². The van der Waals surface area contributed by atoms with Crippen LogP contribution in [-0.4, -0.2) is 19.2 Å². The van der Waals surface area contributed by atoms with Crippen LogP contribution in [0, 0.1) is 0 Å². The van der Waals surface area contributed by atoms with Crippen molar-refractivity contribution in [2.24, 2.45) is 0 Å². The van der Waals surface area contributed by atoms with Crippen LogP contribution in [0.25, 0.3) is 0 Å². The molecule has 0 fully saturated rings. The first kappa shape index (κ1) is 13.2. The van der Waals surface area contributed by atoms with E-state index in [-0.39, 0.29) is 5.78 Å². The van der Waals surface area contributed by atoms with Crippen molar-refractivity contribution in [3.8, 4) is 0 Å². The van der Waals surface area contributed by atoms with Gasteiger partial charge in [-0.05, 0) is 5.56 Å². The smallest absolute Gasteiger partial charge is 0.210 e. The second kappa shape index (κ2) is 5.59. The lowest BCUT2D eigenvalue weighted by molar-refractivity contribution is -0.123. The summed E-state index contributed by atoms with van der Waals surface area (Å²) in [6, 6.07) is 17.4. The summed E-state index contributed by atoms with van der Waals surface area (Å²) in [5.74, 6) is -0.364. The third kappa shape index (κ3) is 2.33. The van der Waals surface area contributed by atoms with Crippen LogP contribution < -0.4 is 0 Å². The molecule has 3 nitrogen and oxygen atoms in total. The third-order valence-electron chi connectivity index (χ3n) is 3.06. The van der Waals surface area contributed by atoms with Crippen molar-refractivity contribution in [2.45, 2.75) is 5.60 Å². The van der Waals surface area contributed by atoms with Crippen LogP contribution in [0.4, 0.5) is 0 Å². The zero-order valence-corrected chi connectivity index (χ0v) is 10.6. The lowest BCUT2D eigenvalue weighted by Gasteiger charge is -2.25. The van der Waals surface area contributed by atoms with Crippen molar-refractivity contribution in [1.82, 2.24) is 0 Å². The van der Waals surface area contributed by atoms with E-state index >= 15 is 0 Å². The standard InChI is InChI=1S/C16H14O3/c1-19-16(12-17,14-10-6-3-7-11-14)15(18)13-8-4-2-5-9-13/h2-12H,1H3. The van der Waals surface area contributed by atoms with E-state index in [1.165, 1.54) is 7.11 Å². The monoisotopic (exact) mass is 254 g/mol. The first-order valence-electron chi connectivity index (χ1n) is 5.91. The topological polar surface area (TPSA) is 43.4 Å². The van der Waals surface area contributed by atoms with Crippen LogP contribution in [0.15, 0.2) is 60.7 Å². The molecule has 0 heterocycles. The summed E-state index contributed by atoms with van der Waals surface area (Å²) in [5, 5.41) is 0. The number of aldehydes is 1. The molecular formula is C16H14O3. The Morgan fingerprint density at radius 3 is 2.00 bits per heavy atom. The van der Waals surface area contributed by atoms with Gasteiger partial charge < -0.3 is 4.74 Å². The van der Waals surface area contributed by atoms with Crippen LogP contribution in [0.1, 0.15) is 15.9 Å². The van der Waals surface area contributed by atoms with Crippen LogP contribution in [0.2, 0.25) is 0 Å². The fourth-order valence-electron chi connectivity index (χ4n) is 2.00. The molecule has 0 amide bonds. The molecule has 2 rings (SSSR count). The minimum atomic E-state index is -1.58. The van der Waals surface area contributed by atoms with Gasteiger partial charge in [-0.3, -0.25) is 9.59 Å². The number of hydrogen-bond acceptors (Lipinski definition) is 3. The van der Waals surface area contributed by atoms with Crippen molar-refractivity contribution >= 4 is 12.1 Å². The van der Waals surface area contributed by atoms with Gasteiger partial charge in [0.15, 0.2) is 6.29 Å². The van der Waals surface area contributed by atoms with Gasteiger partial charge in [-0.1, -0.05) is 60.7 Å². The Labute approximate surface area is 111 Å².